The molecule has 2 heteroatoms. The van der Waals surface area contributed by atoms with E-state index in [2.05, 4.69) is 26.8 Å². The van der Waals surface area contributed by atoms with Gasteiger partial charge in [-0.3, -0.25) is 0 Å². The Morgan fingerprint density at radius 3 is 2.58 bits per heavy atom. The maximum atomic E-state index is 6.25. The number of ether oxygens (including phenoxy) is 2. The maximum absolute atomic E-state index is 6.25. The fourth-order valence-corrected chi connectivity index (χ4v) is 7.63. The van der Waals surface area contributed by atoms with E-state index < -0.39 is 0 Å². The molecule has 1 saturated heterocycles. The van der Waals surface area contributed by atoms with Crippen LogP contribution in [-0.2, 0) is 9.47 Å². The second kappa shape index (κ2) is 5.10. The summed E-state index contributed by atoms with van der Waals surface area (Å²) in [7, 11) is 0. The summed E-state index contributed by atoms with van der Waals surface area (Å²) in [5.74, 6) is 3.17. The zero-order valence-corrected chi connectivity index (χ0v) is 15.8. The van der Waals surface area contributed by atoms with Gasteiger partial charge < -0.3 is 9.47 Å². The molecule has 0 radical (unpaired) electrons. The molecule has 0 aromatic carbocycles. The van der Waals surface area contributed by atoms with Gasteiger partial charge in [-0.1, -0.05) is 32.4 Å². The number of rotatable bonds is 0. The molecule has 5 rings (SSSR count). The lowest BCUT2D eigenvalue weighted by Gasteiger charge is -2.57. The number of allylic oxidation sites excluding steroid dienone is 2. The highest BCUT2D eigenvalue weighted by Gasteiger charge is 2.65. The van der Waals surface area contributed by atoms with Gasteiger partial charge in [-0.15, -0.1) is 0 Å². The molecule has 0 N–H and O–H groups in total. The number of fused-ring (bicyclic) bond motifs is 6. The SMILES string of the molecule is C[C@@H]1CC[C@]2(C)C3=CC[C@@]4(C)C(CCC45OCCO5)C3CC[C@@H]2C1. The minimum absolute atomic E-state index is 0.197. The van der Waals surface area contributed by atoms with Gasteiger partial charge in [-0.05, 0) is 74.0 Å². The Bertz CT molecular complexity index is 560. The fourth-order valence-electron chi connectivity index (χ4n) is 7.63. The highest BCUT2D eigenvalue weighted by atomic mass is 16.7. The van der Waals surface area contributed by atoms with Crippen LogP contribution >= 0.6 is 0 Å². The largest absolute Gasteiger partial charge is 0.347 e. The van der Waals surface area contributed by atoms with E-state index in [1.54, 1.807) is 0 Å². The second-order valence-electron chi connectivity index (χ2n) is 10.1. The molecule has 1 aliphatic heterocycles. The summed E-state index contributed by atoms with van der Waals surface area (Å²) in [4.78, 5) is 0. The van der Waals surface area contributed by atoms with Crippen LogP contribution in [0.3, 0.4) is 0 Å². The lowest BCUT2D eigenvalue weighted by Crippen LogP contribution is -2.52. The summed E-state index contributed by atoms with van der Waals surface area (Å²) in [6.45, 7) is 9.13. The van der Waals surface area contributed by atoms with Crippen molar-refractivity contribution in [2.45, 2.75) is 77.9 Å². The summed E-state index contributed by atoms with van der Waals surface area (Å²) >= 11 is 0. The second-order valence-corrected chi connectivity index (χ2v) is 10.1. The van der Waals surface area contributed by atoms with Gasteiger partial charge in [-0.25, -0.2) is 0 Å². The monoisotopic (exact) mass is 330 g/mol. The molecule has 0 aromatic rings. The first-order valence-electron chi connectivity index (χ1n) is 10.5. The van der Waals surface area contributed by atoms with E-state index in [4.69, 9.17) is 9.47 Å². The summed E-state index contributed by atoms with van der Waals surface area (Å²) < 4.78 is 12.5. The van der Waals surface area contributed by atoms with Crippen LogP contribution in [0.15, 0.2) is 11.6 Å². The Hall–Kier alpha value is -0.340. The quantitative estimate of drug-likeness (QED) is 0.559. The molecular formula is C22H34O2. The van der Waals surface area contributed by atoms with Crippen molar-refractivity contribution in [3.8, 4) is 0 Å². The molecule has 1 heterocycles. The summed E-state index contributed by atoms with van der Waals surface area (Å²) in [5, 5.41) is 0. The van der Waals surface area contributed by atoms with Crippen molar-refractivity contribution in [1.82, 2.24) is 0 Å². The third-order valence-electron chi connectivity index (χ3n) is 9.09. The van der Waals surface area contributed by atoms with E-state index in [0.717, 1.165) is 43.3 Å². The first-order chi connectivity index (χ1) is 11.5. The molecular weight excluding hydrogens is 296 g/mol. The molecule has 0 bridgehead atoms. The van der Waals surface area contributed by atoms with Crippen molar-refractivity contribution in [3.63, 3.8) is 0 Å². The van der Waals surface area contributed by atoms with Gasteiger partial charge in [0.1, 0.15) is 0 Å². The van der Waals surface area contributed by atoms with Gasteiger partial charge in [0.05, 0.1) is 13.2 Å². The molecule has 3 saturated carbocycles. The molecule has 5 aliphatic rings. The Morgan fingerprint density at radius 2 is 1.79 bits per heavy atom. The van der Waals surface area contributed by atoms with Crippen LogP contribution in [-0.4, -0.2) is 19.0 Å². The molecule has 134 valence electrons. The van der Waals surface area contributed by atoms with Crippen LogP contribution in [0.1, 0.15) is 72.1 Å². The van der Waals surface area contributed by atoms with Crippen LogP contribution in [0.4, 0.5) is 0 Å². The molecule has 4 fully saturated rings. The van der Waals surface area contributed by atoms with Crippen LogP contribution in [0.25, 0.3) is 0 Å². The Balaban J connectivity index is 1.51. The highest BCUT2D eigenvalue weighted by molar-refractivity contribution is 5.30. The average Bonchev–Trinajstić information content (AvgIpc) is 3.15. The smallest absolute Gasteiger partial charge is 0.174 e. The molecule has 0 amide bonds. The van der Waals surface area contributed by atoms with Crippen LogP contribution < -0.4 is 0 Å². The van der Waals surface area contributed by atoms with E-state index in [0.29, 0.717) is 5.41 Å². The number of hydrogen-bond acceptors (Lipinski definition) is 2. The Kier molecular flexibility index (Phi) is 3.37. The van der Waals surface area contributed by atoms with Gasteiger partial charge >= 0.3 is 0 Å². The molecule has 2 unspecified atom stereocenters. The molecule has 0 aromatic heterocycles. The highest BCUT2D eigenvalue weighted by Crippen LogP contribution is 2.67. The molecule has 24 heavy (non-hydrogen) atoms. The molecule has 1 spiro atoms. The topological polar surface area (TPSA) is 18.5 Å². The fraction of sp³-hybridized carbons (Fsp3) is 0.909. The average molecular weight is 331 g/mol. The van der Waals surface area contributed by atoms with Crippen molar-refractivity contribution < 1.29 is 9.47 Å². The number of hydrogen-bond donors (Lipinski definition) is 0. The van der Waals surface area contributed by atoms with Crippen molar-refractivity contribution in [2.24, 2.45) is 34.5 Å². The summed E-state index contributed by atoms with van der Waals surface area (Å²) in [6, 6.07) is 0. The summed E-state index contributed by atoms with van der Waals surface area (Å²) in [5.41, 5.74) is 2.54. The van der Waals surface area contributed by atoms with Gasteiger partial charge in [0.15, 0.2) is 5.79 Å². The first kappa shape index (κ1) is 15.9. The zero-order valence-electron chi connectivity index (χ0n) is 15.8. The third kappa shape index (κ3) is 1.85. The predicted octanol–water partition coefficient (Wildman–Crippen LogP) is 5.33. The molecule has 2 nitrogen and oxygen atoms in total. The van der Waals surface area contributed by atoms with Crippen molar-refractivity contribution in [1.29, 1.82) is 0 Å². The Labute approximate surface area is 147 Å². The van der Waals surface area contributed by atoms with Crippen LogP contribution in [0, 0.1) is 34.5 Å². The Morgan fingerprint density at radius 1 is 1.00 bits per heavy atom. The van der Waals surface area contributed by atoms with E-state index in [1.165, 1.54) is 44.9 Å². The summed E-state index contributed by atoms with van der Waals surface area (Å²) in [6.07, 6.45) is 13.4. The van der Waals surface area contributed by atoms with Crippen molar-refractivity contribution in [2.75, 3.05) is 13.2 Å². The van der Waals surface area contributed by atoms with Gasteiger partial charge in [-0.2, -0.15) is 0 Å². The third-order valence-corrected chi connectivity index (χ3v) is 9.09. The van der Waals surface area contributed by atoms with Crippen LogP contribution in [0.2, 0.25) is 0 Å². The van der Waals surface area contributed by atoms with E-state index >= 15 is 0 Å². The van der Waals surface area contributed by atoms with E-state index in [9.17, 15) is 0 Å². The minimum atomic E-state index is -0.265. The predicted molar refractivity (Wildman–Crippen MR) is 95.5 cm³/mol. The standard InChI is InChI=1S/C22H34O2/c1-15-6-9-20(2)16(14-15)4-5-17-18(20)7-10-21(3)19(17)8-11-22(21)23-12-13-24-22/h7,15-17,19H,4-6,8-14H2,1-3H3/t15-,16-,17?,19?,20+,21+/m1/s1. The van der Waals surface area contributed by atoms with Gasteiger partial charge in [0.25, 0.3) is 0 Å². The lowest BCUT2D eigenvalue weighted by atomic mass is 9.48. The minimum Gasteiger partial charge on any atom is -0.347 e. The van der Waals surface area contributed by atoms with E-state index in [1.807, 2.05) is 5.57 Å². The first-order valence-corrected chi connectivity index (χ1v) is 10.5. The lowest BCUT2D eigenvalue weighted by molar-refractivity contribution is -0.229. The maximum Gasteiger partial charge on any atom is 0.174 e. The molecule has 6 atom stereocenters. The van der Waals surface area contributed by atoms with Crippen LogP contribution in [0.5, 0.6) is 0 Å². The zero-order chi connectivity index (χ0) is 16.6. The normalized spacial score (nSPS) is 52.5. The van der Waals surface area contributed by atoms with Gasteiger partial charge in [0, 0.05) is 11.8 Å². The molecule has 4 aliphatic carbocycles. The van der Waals surface area contributed by atoms with Gasteiger partial charge in [0.2, 0.25) is 0 Å². The van der Waals surface area contributed by atoms with E-state index in [-0.39, 0.29) is 11.2 Å². The van der Waals surface area contributed by atoms with Crippen molar-refractivity contribution in [3.05, 3.63) is 11.6 Å². The van der Waals surface area contributed by atoms with Crippen molar-refractivity contribution >= 4 is 0 Å².